The average Bonchev–Trinajstić information content (AvgIpc) is 2.58. The van der Waals surface area contributed by atoms with Gasteiger partial charge in [0.15, 0.2) is 0 Å². The van der Waals surface area contributed by atoms with E-state index in [1.165, 1.54) is 5.57 Å². The molecule has 0 aromatic heterocycles. The van der Waals surface area contributed by atoms with Crippen molar-refractivity contribution in [3.8, 4) is 0 Å². The molecule has 25 heavy (non-hydrogen) atoms. The maximum absolute atomic E-state index is 10.5. The summed E-state index contributed by atoms with van der Waals surface area (Å²) in [6, 6.07) is 0. The van der Waals surface area contributed by atoms with E-state index in [-0.39, 0.29) is 24.5 Å². The van der Waals surface area contributed by atoms with Crippen LogP contribution in [-0.4, -0.2) is 57.1 Å². The third kappa shape index (κ3) is 2.71. The number of hydrogen-bond donors (Lipinski definition) is 5. The van der Waals surface area contributed by atoms with Crippen molar-refractivity contribution in [1.29, 1.82) is 0 Å². The van der Waals surface area contributed by atoms with Gasteiger partial charge >= 0.3 is 0 Å². The predicted octanol–water partition coefficient (Wildman–Crippen LogP) is 1.22. The second kappa shape index (κ2) is 6.31. The van der Waals surface area contributed by atoms with E-state index >= 15 is 0 Å². The summed E-state index contributed by atoms with van der Waals surface area (Å²) < 4.78 is 0. The third-order valence-electron chi connectivity index (χ3n) is 8.01. The summed E-state index contributed by atoms with van der Waals surface area (Å²) in [6.45, 7) is 5.74. The Morgan fingerprint density at radius 1 is 1.16 bits per heavy atom. The predicted molar refractivity (Wildman–Crippen MR) is 94.7 cm³/mol. The largest absolute Gasteiger partial charge is 0.396 e. The zero-order valence-electron chi connectivity index (χ0n) is 15.6. The first kappa shape index (κ1) is 19.3. The van der Waals surface area contributed by atoms with Crippen LogP contribution >= 0.6 is 0 Å². The van der Waals surface area contributed by atoms with Crippen molar-refractivity contribution >= 4 is 0 Å². The van der Waals surface area contributed by atoms with E-state index < -0.39 is 29.1 Å². The molecular formula is C20H34O5. The molecule has 0 aromatic rings. The van der Waals surface area contributed by atoms with Gasteiger partial charge in [-0.25, -0.2) is 0 Å². The monoisotopic (exact) mass is 354 g/mol. The van der Waals surface area contributed by atoms with E-state index in [9.17, 15) is 25.5 Å². The maximum atomic E-state index is 10.5. The Labute approximate surface area is 150 Å². The fraction of sp³-hybridized carbons (Fsp3) is 0.900. The molecule has 0 unspecified atom stereocenters. The number of rotatable bonds is 3. The van der Waals surface area contributed by atoms with Crippen molar-refractivity contribution in [1.82, 2.24) is 0 Å². The molecular weight excluding hydrogens is 320 g/mol. The van der Waals surface area contributed by atoms with E-state index in [0.29, 0.717) is 12.3 Å². The van der Waals surface area contributed by atoms with E-state index in [1.54, 1.807) is 0 Å². The minimum Gasteiger partial charge on any atom is -0.396 e. The molecule has 0 amide bonds. The van der Waals surface area contributed by atoms with Gasteiger partial charge in [0, 0.05) is 10.8 Å². The summed E-state index contributed by atoms with van der Waals surface area (Å²) in [5.74, 6) is 0.441. The SMILES string of the molecule is C[C@]1(CO)[C@H]2CCC3=C[C@@](C)([C@@H](O)CO)CC[C@H]3[C@]2(C)C[C@H](O)[C@H]1O. The molecule has 3 aliphatic rings. The van der Waals surface area contributed by atoms with Crippen LogP contribution in [0.1, 0.15) is 52.9 Å². The molecule has 3 aliphatic carbocycles. The van der Waals surface area contributed by atoms with Crippen LogP contribution in [-0.2, 0) is 0 Å². The molecule has 0 heterocycles. The Morgan fingerprint density at radius 2 is 1.84 bits per heavy atom. The highest BCUT2D eigenvalue weighted by Crippen LogP contribution is 2.63. The van der Waals surface area contributed by atoms with Gasteiger partial charge in [-0.15, -0.1) is 0 Å². The van der Waals surface area contributed by atoms with Gasteiger partial charge in [0.25, 0.3) is 0 Å². The number of allylic oxidation sites excluding steroid dienone is 1. The lowest BCUT2D eigenvalue weighted by Gasteiger charge is -2.62. The molecule has 3 rings (SSSR count). The van der Waals surface area contributed by atoms with Crippen molar-refractivity contribution in [2.45, 2.75) is 71.2 Å². The minimum atomic E-state index is -0.897. The van der Waals surface area contributed by atoms with Gasteiger partial charge in [-0.3, -0.25) is 0 Å². The van der Waals surface area contributed by atoms with Gasteiger partial charge in [0.05, 0.1) is 31.5 Å². The standard InChI is InChI=1S/C20H34O5/c1-18(16(24)10-21)7-6-13-12(8-18)4-5-15-19(13,2)9-14(23)17(25)20(15,3)11-22/h8,13-17,21-25H,4-7,9-11H2,1-3H3/t13-,14+,15+,16+,17-,18+,19+,20+/m1/s1. The summed E-state index contributed by atoms with van der Waals surface area (Å²) in [7, 11) is 0. The normalized spacial score (nSPS) is 51.3. The lowest BCUT2D eigenvalue weighted by atomic mass is 9.44. The van der Waals surface area contributed by atoms with Crippen molar-refractivity contribution in [2.75, 3.05) is 13.2 Å². The van der Waals surface area contributed by atoms with E-state index in [0.717, 1.165) is 25.7 Å². The first-order valence-electron chi connectivity index (χ1n) is 9.60. The molecule has 0 radical (unpaired) electrons. The topological polar surface area (TPSA) is 101 Å². The Morgan fingerprint density at radius 3 is 2.44 bits per heavy atom. The molecule has 0 saturated heterocycles. The van der Waals surface area contributed by atoms with Crippen LogP contribution in [0.2, 0.25) is 0 Å². The number of aliphatic hydroxyl groups is 5. The smallest absolute Gasteiger partial charge is 0.0877 e. The van der Waals surface area contributed by atoms with Crippen LogP contribution in [0.5, 0.6) is 0 Å². The first-order chi connectivity index (χ1) is 11.6. The quantitative estimate of drug-likeness (QED) is 0.491. The van der Waals surface area contributed by atoms with E-state index in [4.69, 9.17) is 0 Å². The van der Waals surface area contributed by atoms with Crippen LogP contribution in [0.3, 0.4) is 0 Å². The Balaban J connectivity index is 1.98. The number of aliphatic hydroxyl groups excluding tert-OH is 5. The van der Waals surface area contributed by atoms with Crippen LogP contribution in [0.25, 0.3) is 0 Å². The van der Waals surface area contributed by atoms with Crippen LogP contribution in [0.4, 0.5) is 0 Å². The highest BCUT2D eigenvalue weighted by atomic mass is 16.3. The summed E-state index contributed by atoms with van der Waals surface area (Å²) >= 11 is 0. The third-order valence-corrected chi connectivity index (χ3v) is 8.01. The van der Waals surface area contributed by atoms with Crippen molar-refractivity contribution in [3.05, 3.63) is 11.6 Å². The molecule has 2 saturated carbocycles. The van der Waals surface area contributed by atoms with Crippen LogP contribution in [0.15, 0.2) is 11.6 Å². The molecule has 5 nitrogen and oxygen atoms in total. The van der Waals surface area contributed by atoms with Crippen molar-refractivity contribution in [2.24, 2.45) is 28.1 Å². The average molecular weight is 354 g/mol. The van der Waals surface area contributed by atoms with Gasteiger partial charge in [-0.05, 0) is 49.4 Å². The van der Waals surface area contributed by atoms with Gasteiger partial charge in [-0.1, -0.05) is 32.4 Å². The van der Waals surface area contributed by atoms with E-state index in [1.807, 2.05) is 13.8 Å². The second-order valence-corrected chi connectivity index (χ2v) is 9.49. The highest BCUT2D eigenvalue weighted by Gasteiger charge is 2.61. The number of fused-ring (bicyclic) bond motifs is 3. The zero-order chi connectivity index (χ0) is 18.6. The Kier molecular flexibility index (Phi) is 4.87. The summed E-state index contributed by atoms with van der Waals surface area (Å²) in [6.07, 6.45) is 3.67. The lowest BCUT2D eigenvalue weighted by molar-refractivity contribution is -0.201. The fourth-order valence-electron chi connectivity index (χ4n) is 6.37. The second-order valence-electron chi connectivity index (χ2n) is 9.49. The Bertz CT molecular complexity index is 548. The first-order valence-corrected chi connectivity index (χ1v) is 9.60. The van der Waals surface area contributed by atoms with E-state index in [2.05, 4.69) is 13.0 Å². The molecule has 0 aromatic carbocycles. The molecule has 5 heteroatoms. The molecule has 0 aliphatic heterocycles. The lowest BCUT2D eigenvalue weighted by Crippen LogP contribution is -2.62. The number of hydrogen-bond acceptors (Lipinski definition) is 5. The molecule has 8 atom stereocenters. The van der Waals surface area contributed by atoms with Crippen molar-refractivity contribution in [3.63, 3.8) is 0 Å². The Hall–Kier alpha value is -0.460. The molecule has 2 fully saturated rings. The molecule has 0 bridgehead atoms. The van der Waals surface area contributed by atoms with Gasteiger partial charge < -0.3 is 25.5 Å². The highest BCUT2D eigenvalue weighted by molar-refractivity contribution is 5.26. The molecule has 5 N–H and O–H groups in total. The minimum absolute atomic E-state index is 0.127. The fourth-order valence-corrected chi connectivity index (χ4v) is 6.37. The zero-order valence-corrected chi connectivity index (χ0v) is 15.6. The summed E-state index contributed by atoms with van der Waals surface area (Å²) in [4.78, 5) is 0. The van der Waals surface area contributed by atoms with Gasteiger partial charge in [0.1, 0.15) is 0 Å². The van der Waals surface area contributed by atoms with Crippen LogP contribution in [0, 0.1) is 28.1 Å². The van der Waals surface area contributed by atoms with Crippen molar-refractivity contribution < 1.29 is 25.5 Å². The van der Waals surface area contributed by atoms with Gasteiger partial charge in [0.2, 0.25) is 0 Å². The van der Waals surface area contributed by atoms with Crippen LogP contribution < -0.4 is 0 Å². The molecule has 0 spiro atoms. The summed E-state index contributed by atoms with van der Waals surface area (Å²) in [5.41, 5.74) is 0.0372. The molecule has 144 valence electrons. The van der Waals surface area contributed by atoms with Gasteiger partial charge in [-0.2, -0.15) is 0 Å². The maximum Gasteiger partial charge on any atom is 0.0877 e. The summed E-state index contributed by atoms with van der Waals surface area (Å²) in [5, 5.41) is 50.7.